The Labute approximate surface area is 93.2 Å². The van der Waals surface area contributed by atoms with E-state index < -0.39 is 0 Å². The molecule has 0 saturated heterocycles. The standard InChI is InChI=1S/C12H13NOS/c1-3-12-10(7-9(8-14)15-12)11-5-4-6-13(11)2/h4-8H,3H2,1-2H3. The molecule has 2 nitrogen and oxygen atoms in total. The topological polar surface area (TPSA) is 22.0 Å². The van der Waals surface area contributed by atoms with Gasteiger partial charge in [-0.15, -0.1) is 11.3 Å². The van der Waals surface area contributed by atoms with Gasteiger partial charge in [0.05, 0.1) is 4.88 Å². The van der Waals surface area contributed by atoms with Crippen molar-refractivity contribution < 1.29 is 4.79 Å². The minimum atomic E-state index is 0.808. The number of aryl methyl sites for hydroxylation is 2. The van der Waals surface area contributed by atoms with Gasteiger partial charge in [-0.25, -0.2) is 0 Å². The second-order valence-corrected chi connectivity index (χ2v) is 4.63. The summed E-state index contributed by atoms with van der Waals surface area (Å²) in [6.07, 6.45) is 3.92. The number of thiophene rings is 1. The van der Waals surface area contributed by atoms with E-state index in [4.69, 9.17) is 0 Å². The van der Waals surface area contributed by atoms with E-state index in [2.05, 4.69) is 17.6 Å². The fourth-order valence-electron chi connectivity index (χ4n) is 1.73. The minimum absolute atomic E-state index is 0.808. The lowest BCUT2D eigenvalue weighted by atomic mass is 10.1. The largest absolute Gasteiger partial charge is 0.351 e. The zero-order valence-electron chi connectivity index (χ0n) is 8.86. The summed E-state index contributed by atoms with van der Waals surface area (Å²) in [5, 5.41) is 0. The molecule has 0 amide bonds. The van der Waals surface area contributed by atoms with Gasteiger partial charge in [-0.3, -0.25) is 4.79 Å². The summed E-state index contributed by atoms with van der Waals surface area (Å²) >= 11 is 1.59. The van der Waals surface area contributed by atoms with Crippen molar-refractivity contribution in [2.75, 3.05) is 0 Å². The summed E-state index contributed by atoms with van der Waals surface area (Å²) in [4.78, 5) is 12.8. The number of aromatic nitrogens is 1. The molecular formula is C12H13NOS. The maximum atomic E-state index is 10.7. The maximum Gasteiger partial charge on any atom is 0.160 e. The fourth-order valence-corrected chi connectivity index (χ4v) is 2.66. The zero-order chi connectivity index (χ0) is 10.8. The Bertz CT molecular complexity index is 482. The smallest absolute Gasteiger partial charge is 0.160 e. The van der Waals surface area contributed by atoms with Crippen LogP contribution < -0.4 is 0 Å². The highest BCUT2D eigenvalue weighted by molar-refractivity contribution is 7.14. The van der Waals surface area contributed by atoms with Gasteiger partial charge in [0.2, 0.25) is 0 Å². The van der Waals surface area contributed by atoms with E-state index in [-0.39, 0.29) is 0 Å². The van der Waals surface area contributed by atoms with Gasteiger partial charge in [0.25, 0.3) is 0 Å². The molecule has 2 rings (SSSR count). The Kier molecular flexibility index (Phi) is 2.73. The van der Waals surface area contributed by atoms with Crippen molar-refractivity contribution in [3.63, 3.8) is 0 Å². The van der Waals surface area contributed by atoms with Crippen LogP contribution in [-0.4, -0.2) is 10.9 Å². The van der Waals surface area contributed by atoms with Crippen LogP contribution in [0.1, 0.15) is 21.5 Å². The molecule has 2 aromatic rings. The van der Waals surface area contributed by atoms with Crippen molar-refractivity contribution in [1.82, 2.24) is 4.57 Å². The van der Waals surface area contributed by atoms with Gasteiger partial charge in [-0.2, -0.15) is 0 Å². The Morgan fingerprint density at radius 2 is 2.33 bits per heavy atom. The molecule has 0 aliphatic carbocycles. The first-order valence-electron chi connectivity index (χ1n) is 4.95. The maximum absolute atomic E-state index is 10.7. The van der Waals surface area contributed by atoms with E-state index in [1.54, 1.807) is 11.3 Å². The van der Waals surface area contributed by atoms with Gasteiger partial charge >= 0.3 is 0 Å². The van der Waals surface area contributed by atoms with Gasteiger partial charge in [-0.1, -0.05) is 6.92 Å². The molecule has 0 saturated carbocycles. The number of hydrogen-bond acceptors (Lipinski definition) is 2. The first-order chi connectivity index (χ1) is 7.26. The molecule has 15 heavy (non-hydrogen) atoms. The van der Waals surface area contributed by atoms with Crippen LogP contribution in [0.25, 0.3) is 11.3 Å². The highest BCUT2D eigenvalue weighted by Gasteiger charge is 2.10. The van der Waals surface area contributed by atoms with Crippen LogP contribution in [0.15, 0.2) is 24.4 Å². The van der Waals surface area contributed by atoms with Crippen LogP contribution in [0, 0.1) is 0 Å². The lowest BCUT2D eigenvalue weighted by molar-refractivity contribution is 0.112. The molecule has 0 radical (unpaired) electrons. The van der Waals surface area contributed by atoms with Gasteiger partial charge < -0.3 is 4.57 Å². The Balaban J connectivity index is 2.56. The van der Waals surface area contributed by atoms with Crippen molar-refractivity contribution in [2.24, 2.45) is 7.05 Å². The molecule has 2 aromatic heterocycles. The first kappa shape index (κ1) is 10.2. The Morgan fingerprint density at radius 3 is 2.87 bits per heavy atom. The predicted molar refractivity (Wildman–Crippen MR) is 63.5 cm³/mol. The summed E-state index contributed by atoms with van der Waals surface area (Å²) in [5.41, 5.74) is 2.37. The fraction of sp³-hybridized carbons (Fsp3) is 0.250. The molecule has 0 spiro atoms. The predicted octanol–water partition coefficient (Wildman–Crippen LogP) is 3.13. The second kappa shape index (κ2) is 4.03. The third kappa shape index (κ3) is 1.75. The summed E-state index contributed by atoms with van der Waals surface area (Å²) < 4.78 is 2.08. The number of nitrogens with zero attached hydrogens (tertiary/aromatic N) is 1. The molecule has 0 bridgehead atoms. The van der Waals surface area contributed by atoms with Gasteiger partial charge in [0.1, 0.15) is 0 Å². The average Bonchev–Trinajstić information content (AvgIpc) is 2.82. The normalized spacial score (nSPS) is 10.5. The van der Waals surface area contributed by atoms with E-state index in [0.717, 1.165) is 17.6 Å². The van der Waals surface area contributed by atoms with Crippen LogP contribution in [0.2, 0.25) is 0 Å². The summed E-state index contributed by atoms with van der Waals surface area (Å²) in [5.74, 6) is 0. The van der Waals surface area contributed by atoms with Crippen molar-refractivity contribution in [2.45, 2.75) is 13.3 Å². The van der Waals surface area contributed by atoms with Crippen LogP contribution >= 0.6 is 11.3 Å². The molecule has 0 aliphatic rings. The number of hydrogen-bond donors (Lipinski definition) is 0. The van der Waals surface area contributed by atoms with E-state index in [0.29, 0.717) is 0 Å². The first-order valence-corrected chi connectivity index (χ1v) is 5.77. The third-order valence-electron chi connectivity index (χ3n) is 2.49. The van der Waals surface area contributed by atoms with E-state index in [1.165, 1.54) is 16.1 Å². The molecule has 78 valence electrons. The molecule has 0 N–H and O–H groups in total. The number of rotatable bonds is 3. The van der Waals surface area contributed by atoms with Crippen molar-refractivity contribution >= 4 is 17.6 Å². The molecular weight excluding hydrogens is 206 g/mol. The van der Waals surface area contributed by atoms with Gasteiger partial charge in [0, 0.05) is 29.4 Å². The molecule has 0 aromatic carbocycles. The highest BCUT2D eigenvalue weighted by Crippen LogP contribution is 2.31. The second-order valence-electron chi connectivity index (χ2n) is 3.46. The van der Waals surface area contributed by atoms with Crippen LogP contribution in [0.4, 0.5) is 0 Å². The quantitative estimate of drug-likeness (QED) is 0.727. The van der Waals surface area contributed by atoms with E-state index >= 15 is 0 Å². The number of carbonyl (C=O) groups excluding carboxylic acids is 1. The zero-order valence-corrected chi connectivity index (χ0v) is 9.67. The Hall–Kier alpha value is -1.35. The third-order valence-corrected chi connectivity index (χ3v) is 3.69. The van der Waals surface area contributed by atoms with Crippen molar-refractivity contribution in [3.8, 4) is 11.3 Å². The van der Waals surface area contributed by atoms with Gasteiger partial charge in [-0.05, 0) is 24.6 Å². The van der Waals surface area contributed by atoms with Crippen LogP contribution in [0.5, 0.6) is 0 Å². The van der Waals surface area contributed by atoms with Crippen LogP contribution in [0.3, 0.4) is 0 Å². The Morgan fingerprint density at radius 1 is 1.53 bits per heavy atom. The lowest BCUT2D eigenvalue weighted by Crippen LogP contribution is -1.89. The number of aldehydes is 1. The van der Waals surface area contributed by atoms with Crippen LogP contribution in [-0.2, 0) is 13.5 Å². The SMILES string of the molecule is CCc1sc(C=O)cc1-c1cccn1C. The van der Waals surface area contributed by atoms with Gasteiger partial charge in [0.15, 0.2) is 6.29 Å². The summed E-state index contributed by atoms with van der Waals surface area (Å²) in [6.45, 7) is 2.12. The minimum Gasteiger partial charge on any atom is -0.351 e. The molecule has 0 unspecified atom stereocenters. The van der Waals surface area contributed by atoms with E-state index in [1.807, 2.05) is 25.4 Å². The average molecular weight is 219 g/mol. The molecule has 3 heteroatoms. The monoisotopic (exact) mass is 219 g/mol. The van der Waals surface area contributed by atoms with Crippen molar-refractivity contribution in [1.29, 1.82) is 0 Å². The van der Waals surface area contributed by atoms with E-state index in [9.17, 15) is 4.79 Å². The summed E-state index contributed by atoms with van der Waals surface area (Å²) in [6, 6.07) is 6.08. The number of carbonyl (C=O) groups is 1. The lowest BCUT2D eigenvalue weighted by Gasteiger charge is -2.02. The van der Waals surface area contributed by atoms with Crippen molar-refractivity contribution in [3.05, 3.63) is 34.2 Å². The molecule has 2 heterocycles. The molecule has 0 aliphatic heterocycles. The summed E-state index contributed by atoms with van der Waals surface area (Å²) in [7, 11) is 2.02. The molecule has 0 atom stereocenters. The molecule has 0 fully saturated rings. The highest BCUT2D eigenvalue weighted by atomic mass is 32.1.